The van der Waals surface area contributed by atoms with Gasteiger partial charge in [-0.1, -0.05) is 48.5 Å². The standard InChI is InChI=1S/C18H14BrNO2/c19-17-11-15(10-14-8-4-5-9-16(14)20-17)18(21)22-12-13-6-2-1-3-7-13/h1-9,11H,10,12H2. The van der Waals surface area contributed by atoms with Crippen molar-refractivity contribution >= 4 is 32.2 Å². The van der Waals surface area contributed by atoms with Crippen LogP contribution < -0.4 is 0 Å². The van der Waals surface area contributed by atoms with E-state index in [0.717, 1.165) is 16.8 Å². The summed E-state index contributed by atoms with van der Waals surface area (Å²) in [6, 6.07) is 17.4. The second kappa shape index (κ2) is 6.71. The molecule has 0 spiro atoms. The van der Waals surface area contributed by atoms with Crippen LogP contribution >= 0.6 is 15.9 Å². The summed E-state index contributed by atoms with van der Waals surface area (Å²) in [6.07, 6.45) is 2.25. The number of para-hydroxylation sites is 1. The Hall–Kier alpha value is -2.20. The van der Waals surface area contributed by atoms with Gasteiger partial charge in [0.15, 0.2) is 0 Å². The fourth-order valence-corrected chi connectivity index (χ4v) is 2.73. The van der Waals surface area contributed by atoms with E-state index in [-0.39, 0.29) is 12.6 Å². The highest BCUT2D eigenvalue weighted by atomic mass is 79.9. The first-order valence-electron chi connectivity index (χ1n) is 6.96. The number of nitrogens with zero attached hydrogens (tertiary/aromatic N) is 1. The largest absolute Gasteiger partial charge is 0.457 e. The highest BCUT2D eigenvalue weighted by Crippen LogP contribution is 2.26. The molecule has 4 heteroatoms. The van der Waals surface area contributed by atoms with E-state index in [1.807, 2.05) is 54.6 Å². The first kappa shape index (κ1) is 14.7. The third-order valence-corrected chi connectivity index (χ3v) is 3.77. The first-order valence-corrected chi connectivity index (χ1v) is 7.75. The van der Waals surface area contributed by atoms with Gasteiger partial charge in [-0.15, -0.1) is 0 Å². The molecular weight excluding hydrogens is 342 g/mol. The van der Waals surface area contributed by atoms with Crippen LogP contribution in [0, 0.1) is 0 Å². The van der Waals surface area contributed by atoms with Crippen LogP contribution in [0.2, 0.25) is 0 Å². The van der Waals surface area contributed by atoms with Crippen molar-refractivity contribution in [2.75, 3.05) is 0 Å². The SMILES string of the molecule is O=C(OCc1ccccc1)C1=CC(Br)=Nc2ccccc2C1. The summed E-state index contributed by atoms with van der Waals surface area (Å²) in [5.41, 5.74) is 3.45. The second-order valence-corrected chi connectivity index (χ2v) is 5.78. The van der Waals surface area contributed by atoms with Crippen molar-refractivity contribution in [2.45, 2.75) is 13.0 Å². The Kier molecular flexibility index (Phi) is 4.49. The minimum atomic E-state index is -0.312. The van der Waals surface area contributed by atoms with Crippen molar-refractivity contribution in [1.29, 1.82) is 0 Å². The number of esters is 1. The third-order valence-electron chi connectivity index (χ3n) is 3.37. The molecule has 1 aliphatic rings. The van der Waals surface area contributed by atoms with E-state index in [0.29, 0.717) is 16.6 Å². The summed E-state index contributed by atoms with van der Waals surface area (Å²) in [7, 11) is 0. The number of carbonyl (C=O) groups excluding carboxylic acids is 1. The van der Waals surface area contributed by atoms with Gasteiger partial charge in [-0.3, -0.25) is 0 Å². The number of benzene rings is 2. The van der Waals surface area contributed by atoms with Crippen molar-refractivity contribution < 1.29 is 9.53 Å². The molecule has 0 N–H and O–H groups in total. The molecule has 0 saturated heterocycles. The van der Waals surface area contributed by atoms with Crippen LogP contribution in [-0.2, 0) is 22.6 Å². The van der Waals surface area contributed by atoms with Gasteiger partial charge < -0.3 is 4.74 Å². The molecule has 1 heterocycles. The predicted molar refractivity (Wildman–Crippen MR) is 90.5 cm³/mol. The van der Waals surface area contributed by atoms with Crippen molar-refractivity contribution in [2.24, 2.45) is 4.99 Å². The van der Waals surface area contributed by atoms with E-state index in [9.17, 15) is 4.79 Å². The smallest absolute Gasteiger partial charge is 0.334 e. The molecular formula is C18H14BrNO2. The van der Waals surface area contributed by atoms with E-state index in [1.165, 1.54) is 0 Å². The molecule has 0 radical (unpaired) electrons. The highest BCUT2D eigenvalue weighted by molar-refractivity contribution is 9.18. The number of halogens is 1. The van der Waals surface area contributed by atoms with Gasteiger partial charge in [0.25, 0.3) is 0 Å². The molecule has 3 nitrogen and oxygen atoms in total. The zero-order valence-electron chi connectivity index (χ0n) is 11.8. The van der Waals surface area contributed by atoms with Crippen molar-refractivity contribution in [3.8, 4) is 0 Å². The van der Waals surface area contributed by atoms with Crippen molar-refractivity contribution in [3.05, 3.63) is 77.4 Å². The lowest BCUT2D eigenvalue weighted by molar-refractivity contribution is -0.140. The minimum Gasteiger partial charge on any atom is -0.457 e. The number of fused-ring (bicyclic) bond motifs is 1. The van der Waals surface area contributed by atoms with Crippen LogP contribution in [0.25, 0.3) is 0 Å². The molecule has 22 heavy (non-hydrogen) atoms. The fourth-order valence-electron chi connectivity index (χ4n) is 2.26. The highest BCUT2D eigenvalue weighted by Gasteiger charge is 2.17. The maximum absolute atomic E-state index is 12.3. The summed E-state index contributed by atoms with van der Waals surface area (Å²) in [6.45, 7) is 0.271. The molecule has 110 valence electrons. The number of hydrogen-bond acceptors (Lipinski definition) is 3. The van der Waals surface area contributed by atoms with Gasteiger partial charge in [0, 0.05) is 12.0 Å². The molecule has 3 rings (SSSR count). The van der Waals surface area contributed by atoms with Gasteiger partial charge in [-0.25, -0.2) is 9.79 Å². The number of rotatable bonds is 3. The number of aliphatic imine (C=N–C) groups is 1. The first-order chi connectivity index (χ1) is 10.7. The lowest BCUT2D eigenvalue weighted by atomic mass is 10.0. The average molecular weight is 356 g/mol. The minimum absolute atomic E-state index is 0.271. The van der Waals surface area contributed by atoms with Crippen molar-refractivity contribution in [3.63, 3.8) is 0 Å². The molecule has 2 aromatic rings. The Balaban J connectivity index is 1.74. The Morgan fingerprint density at radius 1 is 1.09 bits per heavy atom. The molecule has 0 aliphatic carbocycles. The van der Waals surface area contributed by atoms with E-state index in [1.54, 1.807) is 6.08 Å². The number of hydrogen-bond donors (Lipinski definition) is 0. The lowest BCUT2D eigenvalue weighted by Gasteiger charge is -2.08. The van der Waals surface area contributed by atoms with Gasteiger partial charge in [0.2, 0.25) is 0 Å². The zero-order chi connectivity index (χ0) is 15.4. The summed E-state index contributed by atoms with van der Waals surface area (Å²) < 4.78 is 6.03. The number of carbonyl (C=O) groups is 1. The van der Waals surface area contributed by atoms with Gasteiger partial charge in [-0.05, 0) is 39.2 Å². The lowest BCUT2D eigenvalue weighted by Crippen LogP contribution is -2.10. The van der Waals surface area contributed by atoms with Crippen LogP contribution in [0.4, 0.5) is 5.69 Å². The summed E-state index contributed by atoms with van der Waals surface area (Å²) in [4.78, 5) is 16.8. The second-order valence-electron chi connectivity index (χ2n) is 4.97. The molecule has 0 unspecified atom stereocenters. The molecule has 1 aliphatic heterocycles. The van der Waals surface area contributed by atoms with Crippen LogP contribution in [0.15, 0.2) is 71.2 Å². The van der Waals surface area contributed by atoms with Crippen LogP contribution in [-0.4, -0.2) is 10.6 Å². The monoisotopic (exact) mass is 355 g/mol. The molecule has 0 fully saturated rings. The Bertz CT molecular complexity index is 751. The van der Waals surface area contributed by atoms with Gasteiger partial charge in [0.1, 0.15) is 11.2 Å². The van der Waals surface area contributed by atoms with Gasteiger partial charge in [0.05, 0.1) is 5.69 Å². The molecule has 0 amide bonds. The number of ether oxygens (including phenoxy) is 1. The van der Waals surface area contributed by atoms with E-state index < -0.39 is 0 Å². The predicted octanol–water partition coefficient (Wildman–Crippen LogP) is 4.34. The molecule has 0 saturated carbocycles. The van der Waals surface area contributed by atoms with Crippen LogP contribution in [0.1, 0.15) is 11.1 Å². The Morgan fingerprint density at radius 3 is 2.64 bits per heavy atom. The molecule has 0 atom stereocenters. The Morgan fingerprint density at radius 2 is 1.82 bits per heavy atom. The Labute approximate surface area is 137 Å². The topological polar surface area (TPSA) is 38.7 Å². The summed E-state index contributed by atoms with van der Waals surface area (Å²) >= 11 is 3.38. The van der Waals surface area contributed by atoms with Crippen molar-refractivity contribution in [1.82, 2.24) is 0 Å². The zero-order valence-corrected chi connectivity index (χ0v) is 13.4. The fraction of sp³-hybridized carbons (Fsp3) is 0.111. The maximum atomic E-state index is 12.3. The molecule has 0 aromatic heterocycles. The van der Waals surface area contributed by atoms with Gasteiger partial charge >= 0.3 is 5.97 Å². The summed E-state index contributed by atoms with van der Waals surface area (Å²) in [5, 5.41) is 0. The third kappa shape index (κ3) is 3.52. The van der Waals surface area contributed by atoms with E-state index in [4.69, 9.17) is 4.74 Å². The quantitative estimate of drug-likeness (QED) is 0.768. The van der Waals surface area contributed by atoms with E-state index in [2.05, 4.69) is 20.9 Å². The van der Waals surface area contributed by atoms with Crippen LogP contribution in [0.3, 0.4) is 0 Å². The van der Waals surface area contributed by atoms with Crippen LogP contribution in [0.5, 0.6) is 0 Å². The van der Waals surface area contributed by atoms with E-state index >= 15 is 0 Å². The molecule has 2 aromatic carbocycles. The normalized spacial score (nSPS) is 13.5. The maximum Gasteiger partial charge on any atom is 0.334 e. The van der Waals surface area contributed by atoms with Gasteiger partial charge in [-0.2, -0.15) is 0 Å². The summed E-state index contributed by atoms with van der Waals surface area (Å²) in [5.74, 6) is -0.312. The number of allylic oxidation sites excluding steroid dienone is 1. The average Bonchev–Trinajstić information content (AvgIpc) is 2.71. The molecule has 0 bridgehead atoms.